The number of fused-ring (bicyclic) bond motifs is 1. The molecule has 2 atom stereocenters. The van der Waals surface area contributed by atoms with Gasteiger partial charge in [0.2, 0.25) is 5.91 Å². The van der Waals surface area contributed by atoms with E-state index in [1.807, 2.05) is 18.2 Å². The van der Waals surface area contributed by atoms with Gasteiger partial charge in [0.05, 0.1) is 5.69 Å². The van der Waals surface area contributed by atoms with E-state index in [9.17, 15) is 9.18 Å². The smallest absolute Gasteiger partial charge is 0.244 e. The van der Waals surface area contributed by atoms with E-state index < -0.39 is 0 Å². The summed E-state index contributed by atoms with van der Waals surface area (Å²) in [7, 11) is 0. The van der Waals surface area contributed by atoms with Crippen LogP contribution in [0.2, 0.25) is 0 Å². The molecule has 190 valence electrons. The summed E-state index contributed by atoms with van der Waals surface area (Å²) >= 11 is 0. The Hall–Kier alpha value is -2.99. The maximum Gasteiger partial charge on any atom is 0.244 e. The summed E-state index contributed by atoms with van der Waals surface area (Å²) in [6, 6.07) is 12.9. The topological polar surface area (TPSA) is 58.4 Å². The normalized spacial score (nSPS) is 21.8. The van der Waals surface area contributed by atoms with Crippen LogP contribution in [0.25, 0.3) is 17.0 Å². The Labute approximate surface area is 212 Å². The van der Waals surface area contributed by atoms with Crippen LogP contribution in [0.15, 0.2) is 53.1 Å². The Balaban J connectivity index is 1.11. The van der Waals surface area contributed by atoms with E-state index >= 15 is 0 Å². The van der Waals surface area contributed by atoms with Crippen LogP contribution in [0.4, 0.5) is 4.39 Å². The van der Waals surface area contributed by atoms with E-state index in [1.54, 1.807) is 12.1 Å². The first-order valence-corrected chi connectivity index (χ1v) is 13.3. The minimum Gasteiger partial charge on any atom is -0.356 e. The quantitative estimate of drug-likeness (QED) is 0.408. The molecule has 3 aromatic rings. The van der Waals surface area contributed by atoms with Crippen LogP contribution in [-0.4, -0.2) is 42.1 Å². The zero-order valence-corrected chi connectivity index (χ0v) is 21.1. The molecular weight excluding hydrogens is 453 g/mol. The number of carbonyl (C=O) groups excluding carboxylic acids is 1. The number of rotatable bonds is 7. The summed E-state index contributed by atoms with van der Waals surface area (Å²) in [5, 5.41) is 8.39. The molecule has 1 amide bonds. The van der Waals surface area contributed by atoms with E-state index in [4.69, 9.17) is 4.52 Å². The van der Waals surface area contributed by atoms with E-state index in [2.05, 4.69) is 34.4 Å². The zero-order chi connectivity index (χ0) is 24.9. The van der Waals surface area contributed by atoms with Crippen molar-refractivity contribution in [1.82, 2.24) is 15.4 Å². The summed E-state index contributed by atoms with van der Waals surface area (Å²) in [6.07, 6.45) is 10.6. The third-order valence-electron chi connectivity index (χ3n) is 8.00. The van der Waals surface area contributed by atoms with Gasteiger partial charge in [0.1, 0.15) is 5.82 Å². The molecule has 0 unspecified atom stereocenters. The lowest BCUT2D eigenvalue weighted by Crippen LogP contribution is -2.42. The van der Waals surface area contributed by atoms with Crippen LogP contribution in [0.5, 0.6) is 0 Å². The first-order chi connectivity index (χ1) is 17.5. The number of nitrogens with zero attached hydrogens (tertiary/aromatic N) is 2. The van der Waals surface area contributed by atoms with Gasteiger partial charge in [-0.05, 0) is 81.3 Å². The highest BCUT2D eigenvalue weighted by Gasteiger charge is 2.30. The van der Waals surface area contributed by atoms with Crippen LogP contribution < -0.4 is 5.32 Å². The number of aromatic nitrogens is 1. The molecule has 5 rings (SSSR count). The summed E-state index contributed by atoms with van der Waals surface area (Å²) in [6.45, 7) is 5.97. The third kappa shape index (κ3) is 6.04. The van der Waals surface area contributed by atoms with Gasteiger partial charge < -0.3 is 14.7 Å². The number of nitrogens with one attached hydrogen (secondary N) is 1. The largest absolute Gasteiger partial charge is 0.356 e. The maximum absolute atomic E-state index is 13.5. The van der Waals surface area contributed by atoms with Crippen molar-refractivity contribution in [3.05, 3.63) is 71.2 Å². The second kappa shape index (κ2) is 11.4. The zero-order valence-electron chi connectivity index (χ0n) is 21.1. The molecule has 1 saturated heterocycles. The van der Waals surface area contributed by atoms with Crippen molar-refractivity contribution in [3.8, 4) is 0 Å². The van der Waals surface area contributed by atoms with E-state index in [1.165, 1.54) is 43.4 Å². The lowest BCUT2D eigenvalue weighted by molar-refractivity contribution is -0.116. The number of hydrogen-bond donors (Lipinski definition) is 1. The predicted molar refractivity (Wildman–Crippen MR) is 141 cm³/mol. The van der Waals surface area contributed by atoms with Crippen molar-refractivity contribution in [2.24, 2.45) is 11.8 Å². The van der Waals surface area contributed by atoms with Gasteiger partial charge in [0.25, 0.3) is 0 Å². The molecule has 0 bridgehead atoms. The predicted octanol–water partition coefficient (Wildman–Crippen LogP) is 6.09. The van der Waals surface area contributed by atoms with Gasteiger partial charge in [-0.3, -0.25) is 4.79 Å². The molecule has 1 aliphatic carbocycles. The number of piperidine rings is 1. The van der Waals surface area contributed by atoms with Gasteiger partial charge >= 0.3 is 0 Å². The SMILES string of the molecule is Cc1cccc(C=CC(=O)NC[C@@H]2CCCC[C@H]2CN2CCC(c3noc4cc(F)ccc34)CC2)c1. The van der Waals surface area contributed by atoms with Crippen LogP contribution in [0, 0.1) is 24.6 Å². The lowest BCUT2D eigenvalue weighted by atomic mass is 9.78. The number of benzene rings is 2. The summed E-state index contributed by atoms with van der Waals surface area (Å²) in [5.74, 6) is 1.20. The van der Waals surface area contributed by atoms with Gasteiger partial charge in [-0.25, -0.2) is 4.39 Å². The first kappa shape index (κ1) is 24.7. The number of halogens is 1. The average molecular weight is 490 g/mol. The third-order valence-corrected chi connectivity index (χ3v) is 8.00. The molecule has 2 aliphatic rings. The van der Waals surface area contributed by atoms with Gasteiger partial charge in [-0.1, -0.05) is 47.8 Å². The second-order valence-electron chi connectivity index (χ2n) is 10.6. The minimum absolute atomic E-state index is 0.0126. The molecule has 6 heteroatoms. The highest BCUT2D eigenvalue weighted by atomic mass is 19.1. The van der Waals surface area contributed by atoms with Crippen LogP contribution >= 0.6 is 0 Å². The Bertz CT molecular complexity index is 1210. The second-order valence-corrected chi connectivity index (χ2v) is 10.6. The summed E-state index contributed by atoms with van der Waals surface area (Å²) in [4.78, 5) is 15.0. The van der Waals surface area contributed by atoms with E-state index in [0.29, 0.717) is 23.3 Å². The number of hydrogen-bond acceptors (Lipinski definition) is 4. The van der Waals surface area contributed by atoms with Crippen molar-refractivity contribution in [3.63, 3.8) is 0 Å². The Morgan fingerprint density at radius 1 is 1.11 bits per heavy atom. The molecule has 2 aromatic carbocycles. The molecule has 2 fully saturated rings. The molecular formula is C30H36FN3O2. The van der Waals surface area contributed by atoms with Gasteiger partial charge in [-0.2, -0.15) is 0 Å². The molecule has 1 aliphatic heterocycles. The average Bonchev–Trinajstić information content (AvgIpc) is 3.30. The standard InChI is InChI=1S/C30H36FN3O2/c1-21-5-4-6-22(17-21)9-12-29(35)32-19-24-7-2-3-8-25(24)20-34-15-13-23(14-16-34)30-27-11-10-26(31)18-28(27)36-33-30/h4-6,9-12,17-18,23-25H,2-3,7-8,13-16,19-20H2,1H3,(H,32,35)/t24-,25-/m0/s1. The summed E-state index contributed by atoms with van der Waals surface area (Å²) in [5.41, 5.74) is 3.75. The molecule has 36 heavy (non-hydrogen) atoms. The first-order valence-electron chi connectivity index (χ1n) is 13.3. The Morgan fingerprint density at radius 3 is 2.72 bits per heavy atom. The monoisotopic (exact) mass is 489 g/mol. The Kier molecular flexibility index (Phi) is 7.81. The number of aryl methyl sites for hydroxylation is 1. The van der Waals surface area contributed by atoms with Gasteiger partial charge in [0.15, 0.2) is 5.58 Å². The molecule has 1 saturated carbocycles. The molecule has 0 spiro atoms. The molecule has 1 N–H and O–H groups in total. The lowest BCUT2D eigenvalue weighted by Gasteiger charge is -2.38. The maximum atomic E-state index is 13.5. The number of likely N-dealkylation sites (tertiary alicyclic amines) is 1. The van der Waals surface area contributed by atoms with Gasteiger partial charge in [0, 0.05) is 36.5 Å². The van der Waals surface area contributed by atoms with Crippen molar-refractivity contribution >= 4 is 23.0 Å². The highest BCUT2D eigenvalue weighted by Crippen LogP contribution is 2.35. The fraction of sp³-hybridized carbons (Fsp3) is 0.467. The minimum atomic E-state index is -0.291. The molecule has 2 heterocycles. The highest BCUT2D eigenvalue weighted by molar-refractivity contribution is 5.91. The van der Waals surface area contributed by atoms with E-state index in [0.717, 1.165) is 55.7 Å². The molecule has 1 aromatic heterocycles. The van der Waals surface area contributed by atoms with Crippen molar-refractivity contribution < 1.29 is 13.7 Å². The number of carbonyl (C=O) groups is 1. The van der Waals surface area contributed by atoms with Crippen LogP contribution in [-0.2, 0) is 4.79 Å². The van der Waals surface area contributed by atoms with Crippen LogP contribution in [0.1, 0.15) is 61.3 Å². The van der Waals surface area contributed by atoms with E-state index in [-0.39, 0.29) is 11.7 Å². The molecule has 0 radical (unpaired) electrons. The fourth-order valence-corrected chi connectivity index (χ4v) is 5.98. The fourth-order valence-electron chi connectivity index (χ4n) is 5.98. The van der Waals surface area contributed by atoms with Crippen LogP contribution in [0.3, 0.4) is 0 Å². The van der Waals surface area contributed by atoms with Crippen molar-refractivity contribution in [1.29, 1.82) is 0 Å². The van der Waals surface area contributed by atoms with Gasteiger partial charge in [-0.15, -0.1) is 0 Å². The molecule has 5 nitrogen and oxygen atoms in total. The Morgan fingerprint density at radius 2 is 1.92 bits per heavy atom. The number of amides is 1. The van der Waals surface area contributed by atoms with Crippen molar-refractivity contribution in [2.45, 2.75) is 51.4 Å². The van der Waals surface area contributed by atoms with Crippen molar-refractivity contribution in [2.75, 3.05) is 26.2 Å². The summed E-state index contributed by atoms with van der Waals surface area (Å²) < 4.78 is 18.9.